The van der Waals surface area contributed by atoms with Crippen molar-refractivity contribution in [2.45, 2.75) is 51.9 Å². The van der Waals surface area contributed by atoms with Crippen LogP contribution in [-0.4, -0.2) is 30.7 Å². The lowest BCUT2D eigenvalue weighted by Gasteiger charge is -2.17. The van der Waals surface area contributed by atoms with E-state index in [0.717, 1.165) is 6.42 Å². The molecule has 2 unspecified atom stereocenters. The van der Waals surface area contributed by atoms with Gasteiger partial charge in [-0.05, 0) is 20.3 Å². The van der Waals surface area contributed by atoms with Gasteiger partial charge in [0.25, 0.3) is 0 Å². The van der Waals surface area contributed by atoms with Crippen LogP contribution in [-0.2, 0) is 4.79 Å². The first-order chi connectivity index (χ1) is 7.26. The van der Waals surface area contributed by atoms with Gasteiger partial charge in [-0.1, -0.05) is 6.92 Å². The molecule has 0 heterocycles. The van der Waals surface area contributed by atoms with Gasteiger partial charge in [0, 0.05) is 12.6 Å². The fourth-order valence-electron chi connectivity index (χ4n) is 0.993. The SMILES string of the molecule is CCC(C)NC(=O)C(C)NCCC(F)(F)F. The first-order valence-corrected chi connectivity index (χ1v) is 5.36. The summed E-state index contributed by atoms with van der Waals surface area (Å²) in [5, 5.41) is 5.23. The lowest BCUT2D eigenvalue weighted by atomic mass is 10.2. The van der Waals surface area contributed by atoms with Crippen molar-refractivity contribution in [1.82, 2.24) is 10.6 Å². The van der Waals surface area contributed by atoms with Crippen LogP contribution in [0, 0.1) is 0 Å². The van der Waals surface area contributed by atoms with Crippen LogP contribution in [0.2, 0.25) is 0 Å². The van der Waals surface area contributed by atoms with E-state index in [1.165, 1.54) is 0 Å². The molecule has 6 heteroatoms. The monoisotopic (exact) mass is 240 g/mol. The first kappa shape index (κ1) is 15.2. The van der Waals surface area contributed by atoms with Crippen LogP contribution in [0.1, 0.15) is 33.6 Å². The van der Waals surface area contributed by atoms with Crippen molar-refractivity contribution in [2.24, 2.45) is 0 Å². The topological polar surface area (TPSA) is 41.1 Å². The molecule has 16 heavy (non-hydrogen) atoms. The number of carbonyl (C=O) groups excluding carboxylic acids is 1. The van der Waals surface area contributed by atoms with E-state index in [0.29, 0.717) is 0 Å². The average Bonchev–Trinajstić information content (AvgIpc) is 2.15. The minimum Gasteiger partial charge on any atom is -0.352 e. The Morgan fingerprint density at radius 2 is 1.88 bits per heavy atom. The standard InChI is InChI=1S/C10H19F3N2O/c1-4-7(2)15-9(16)8(3)14-6-5-10(11,12)13/h7-8,14H,4-6H2,1-3H3,(H,15,16). The van der Waals surface area contributed by atoms with Crippen molar-refractivity contribution in [3.8, 4) is 0 Å². The molecule has 2 N–H and O–H groups in total. The van der Waals surface area contributed by atoms with Gasteiger partial charge in [-0.15, -0.1) is 0 Å². The van der Waals surface area contributed by atoms with E-state index in [-0.39, 0.29) is 18.5 Å². The van der Waals surface area contributed by atoms with Crippen molar-refractivity contribution < 1.29 is 18.0 Å². The molecule has 0 aliphatic heterocycles. The van der Waals surface area contributed by atoms with E-state index >= 15 is 0 Å². The maximum absolute atomic E-state index is 11.8. The van der Waals surface area contributed by atoms with E-state index in [4.69, 9.17) is 0 Å². The van der Waals surface area contributed by atoms with Gasteiger partial charge < -0.3 is 10.6 Å². The maximum atomic E-state index is 11.8. The fraction of sp³-hybridized carbons (Fsp3) is 0.900. The fourth-order valence-corrected chi connectivity index (χ4v) is 0.993. The number of alkyl halides is 3. The zero-order valence-electron chi connectivity index (χ0n) is 9.82. The Kier molecular flexibility index (Phi) is 6.40. The molecule has 0 bridgehead atoms. The van der Waals surface area contributed by atoms with E-state index in [1.807, 2.05) is 13.8 Å². The minimum absolute atomic E-state index is 0.0411. The Morgan fingerprint density at radius 3 is 2.31 bits per heavy atom. The van der Waals surface area contributed by atoms with E-state index < -0.39 is 18.6 Å². The molecule has 0 aliphatic rings. The zero-order chi connectivity index (χ0) is 12.8. The largest absolute Gasteiger partial charge is 0.390 e. The predicted molar refractivity (Wildman–Crippen MR) is 56.0 cm³/mol. The summed E-state index contributed by atoms with van der Waals surface area (Å²) in [5.74, 6) is -0.267. The summed E-state index contributed by atoms with van der Waals surface area (Å²) in [4.78, 5) is 11.4. The molecule has 2 atom stereocenters. The van der Waals surface area contributed by atoms with Crippen LogP contribution in [0.5, 0.6) is 0 Å². The molecular formula is C10H19F3N2O. The van der Waals surface area contributed by atoms with Gasteiger partial charge in [-0.2, -0.15) is 13.2 Å². The highest BCUT2D eigenvalue weighted by atomic mass is 19.4. The Balaban J connectivity index is 3.80. The molecular weight excluding hydrogens is 221 g/mol. The van der Waals surface area contributed by atoms with Crippen LogP contribution >= 0.6 is 0 Å². The van der Waals surface area contributed by atoms with E-state index in [2.05, 4.69) is 10.6 Å². The zero-order valence-corrected chi connectivity index (χ0v) is 9.82. The Hall–Kier alpha value is -0.780. The van der Waals surface area contributed by atoms with Gasteiger partial charge >= 0.3 is 6.18 Å². The number of nitrogens with one attached hydrogen (secondary N) is 2. The molecule has 0 saturated heterocycles. The molecule has 0 spiro atoms. The number of hydrogen-bond donors (Lipinski definition) is 2. The molecule has 1 amide bonds. The van der Waals surface area contributed by atoms with Gasteiger partial charge in [0.1, 0.15) is 0 Å². The smallest absolute Gasteiger partial charge is 0.352 e. The summed E-state index contributed by atoms with van der Waals surface area (Å²) in [6.07, 6.45) is -4.31. The van der Waals surface area contributed by atoms with Crippen LogP contribution in [0.3, 0.4) is 0 Å². The molecule has 96 valence electrons. The average molecular weight is 240 g/mol. The van der Waals surface area contributed by atoms with Gasteiger partial charge in [-0.25, -0.2) is 0 Å². The quantitative estimate of drug-likeness (QED) is 0.743. The van der Waals surface area contributed by atoms with E-state index in [1.54, 1.807) is 6.92 Å². The summed E-state index contributed by atoms with van der Waals surface area (Å²) in [5.41, 5.74) is 0. The molecule has 0 aromatic carbocycles. The predicted octanol–water partition coefficient (Wildman–Crippen LogP) is 1.83. The van der Waals surface area contributed by atoms with Gasteiger partial charge in [-0.3, -0.25) is 4.79 Å². The number of amides is 1. The molecule has 0 rings (SSSR count). The number of halogens is 3. The second kappa shape index (κ2) is 6.73. The van der Waals surface area contributed by atoms with Crippen molar-refractivity contribution in [3.63, 3.8) is 0 Å². The molecule has 0 saturated carbocycles. The number of carbonyl (C=O) groups is 1. The number of rotatable bonds is 6. The third kappa shape index (κ3) is 7.50. The van der Waals surface area contributed by atoms with Crippen LogP contribution in [0.4, 0.5) is 13.2 Å². The maximum Gasteiger partial charge on any atom is 0.390 e. The Bertz CT molecular complexity index is 219. The van der Waals surface area contributed by atoms with Gasteiger partial charge in [0.15, 0.2) is 0 Å². The van der Waals surface area contributed by atoms with Crippen molar-refractivity contribution >= 4 is 5.91 Å². The highest BCUT2D eigenvalue weighted by Crippen LogP contribution is 2.18. The lowest BCUT2D eigenvalue weighted by molar-refractivity contribution is -0.135. The van der Waals surface area contributed by atoms with Crippen LogP contribution in [0.25, 0.3) is 0 Å². The molecule has 0 aliphatic carbocycles. The van der Waals surface area contributed by atoms with Crippen molar-refractivity contribution in [2.75, 3.05) is 6.54 Å². The molecule has 0 radical (unpaired) electrons. The normalized spacial score (nSPS) is 15.6. The summed E-state index contributed by atoms with van der Waals surface area (Å²) < 4.78 is 35.5. The van der Waals surface area contributed by atoms with Crippen LogP contribution in [0.15, 0.2) is 0 Å². The van der Waals surface area contributed by atoms with Gasteiger partial charge in [0.05, 0.1) is 12.5 Å². The third-order valence-electron chi connectivity index (χ3n) is 2.25. The summed E-state index contributed by atoms with van der Waals surface area (Å²) in [7, 11) is 0. The lowest BCUT2D eigenvalue weighted by Crippen LogP contribution is -2.46. The highest BCUT2D eigenvalue weighted by molar-refractivity contribution is 5.81. The number of hydrogen-bond acceptors (Lipinski definition) is 2. The second-order valence-corrected chi connectivity index (χ2v) is 3.86. The molecule has 3 nitrogen and oxygen atoms in total. The Morgan fingerprint density at radius 1 is 1.31 bits per heavy atom. The summed E-state index contributed by atoms with van der Waals surface area (Å²) in [6.45, 7) is 5.08. The Labute approximate surface area is 93.8 Å². The first-order valence-electron chi connectivity index (χ1n) is 5.36. The molecule has 0 fully saturated rings. The third-order valence-corrected chi connectivity index (χ3v) is 2.25. The highest BCUT2D eigenvalue weighted by Gasteiger charge is 2.26. The van der Waals surface area contributed by atoms with Crippen molar-refractivity contribution in [1.29, 1.82) is 0 Å². The van der Waals surface area contributed by atoms with Crippen LogP contribution < -0.4 is 10.6 Å². The van der Waals surface area contributed by atoms with Crippen molar-refractivity contribution in [3.05, 3.63) is 0 Å². The summed E-state index contributed by atoms with van der Waals surface area (Å²) >= 11 is 0. The van der Waals surface area contributed by atoms with Gasteiger partial charge in [0.2, 0.25) is 5.91 Å². The van der Waals surface area contributed by atoms with E-state index in [9.17, 15) is 18.0 Å². The summed E-state index contributed by atoms with van der Waals surface area (Å²) in [6, 6.07) is -0.560. The molecule has 0 aromatic rings. The second-order valence-electron chi connectivity index (χ2n) is 3.86. The minimum atomic E-state index is -4.18. The molecule has 0 aromatic heterocycles.